The molecule has 0 atom stereocenters. The van der Waals surface area contributed by atoms with Crippen molar-refractivity contribution in [3.63, 3.8) is 0 Å². The number of aliphatic imine (C=N–C) groups is 1. The number of hydrogen-bond donors (Lipinski definition) is 1. The number of hydrogen-bond acceptors (Lipinski definition) is 2. The van der Waals surface area contributed by atoms with Gasteiger partial charge in [-0.25, -0.2) is 0 Å². The largest absolute Gasteiger partial charge is 0.360 e. The second-order valence-corrected chi connectivity index (χ2v) is 7.38. The zero-order chi connectivity index (χ0) is 17.3. The Hall–Kier alpha value is -1.95. The van der Waals surface area contributed by atoms with Crippen molar-refractivity contribution < 1.29 is 0 Å². The molecule has 2 aliphatic carbocycles. The number of nitrogens with one attached hydrogen (secondary N) is 1. The van der Waals surface area contributed by atoms with E-state index in [0.717, 1.165) is 11.5 Å². The van der Waals surface area contributed by atoms with Crippen LogP contribution in [0.4, 0.5) is 5.69 Å². The molecule has 3 nitrogen and oxygen atoms in total. The quantitative estimate of drug-likeness (QED) is 0.373. The highest BCUT2D eigenvalue weighted by Gasteiger charge is 2.16. The summed E-state index contributed by atoms with van der Waals surface area (Å²) < 4.78 is 0. The fourth-order valence-electron chi connectivity index (χ4n) is 3.79. The van der Waals surface area contributed by atoms with Crippen LogP contribution in [-0.4, -0.2) is 25.0 Å². The van der Waals surface area contributed by atoms with Gasteiger partial charge >= 0.3 is 0 Å². The van der Waals surface area contributed by atoms with Crippen molar-refractivity contribution in [1.29, 1.82) is 0 Å². The minimum absolute atomic E-state index is 0.455. The first kappa shape index (κ1) is 17.9. The average molecular weight is 338 g/mol. The first-order valence-electron chi connectivity index (χ1n) is 9.96. The zero-order valence-corrected chi connectivity index (χ0v) is 15.5. The maximum absolute atomic E-state index is 5.00. The van der Waals surface area contributed by atoms with Gasteiger partial charge in [0.1, 0.15) is 0 Å². The molecule has 3 heteroatoms. The Balaban J connectivity index is 1.71. The minimum Gasteiger partial charge on any atom is -0.360 e. The molecule has 1 N–H and O–H groups in total. The van der Waals surface area contributed by atoms with Gasteiger partial charge in [-0.05, 0) is 43.7 Å². The van der Waals surface area contributed by atoms with Crippen LogP contribution in [-0.2, 0) is 0 Å². The number of benzene rings is 1. The number of rotatable bonds is 3. The van der Waals surface area contributed by atoms with E-state index in [1.165, 1.54) is 64.2 Å². The van der Waals surface area contributed by atoms with Crippen molar-refractivity contribution in [2.24, 2.45) is 4.99 Å². The fraction of sp³-hybridized carbons (Fsp3) is 0.591. The summed E-state index contributed by atoms with van der Waals surface area (Å²) in [6, 6.07) is 14.6. The Morgan fingerprint density at radius 1 is 0.960 bits per heavy atom. The van der Waals surface area contributed by atoms with Crippen molar-refractivity contribution in [1.82, 2.24) is 5.32 Å². The van der Waals surface area contributed by atoms with Crippen LogP contribution in [0, 0.1) is 12.0 Å². The second kappa shape index (κ2) is 9.51. The van der Waals surface area contributed by atoms with Gasteiger partial charge in [0.2, 0.25) is 0 Å². The van der Waals surface area contributed by atoms with Gasteiger partial charge < -0.3 is 10.2 Å². The maximum atomic E-state index is 5.00. The number of amidine groups is 1. The maximum Gasteiger partial charge on any atom is 0.176 e. The summed E-state index contributed by atoms with van der Waals surface area (Å²) in [4.78, 5) is 6.99. The van der Waals surface area contributed by atoms with Gasteiger partial charge in [-0.15, -0.1) is 0 Å². The Kier molecular flexibility index (Phi) is 6.79. The Morgan fingerprint density at radius 2 is 1.60 bits per heavy atom. The molecule has 0 unspecified atom stereocenters. The number of anilines is 1. The smallest absolute Gasteiger partial charge is 0.176 e. The van der Waals surface area contributed by atoms with Crippen LogP contribution in [0.5, 0.6) is 0 Å². The summed E-state index contributed by atoms with van der Waals surface area (Å²) in [5.74, 6) is 4.23. The van der Waals surface area contributed by atoms with Crippen molar-refractivity contribution in [3.05, 3.63) is 30.3 Å². The Morgan fingerprint density at radius 3 is 2.28 bits per heavy atom. The topological polar surface area (TPSA) is 27.6 Å². The third kappa shape index (κ3) is 5.81. The summed E-state index contributed by atoms with van der Waals surface area (Å²) >= 11 is 0. The third-order valence-corrected chi connectivity index (χ3v) is 5.32. The van der Waals surface area contributed by atoms with Gasteiger partial charge in [0.25, 0.3) is 0 Å². The van der Waals surface area contributed by atoms with Gasteiger partial charge in [-0.1, -0.05) is 56.7 Å². The number of nitrogens with zero attached hydrogens (tertiary/aromatic N) is 2. The standard InChI is InChI=1S/C22H31N3/c1-25(21-15-9-4-10-16-21)18-17-22(23-19-11-5-2-6-12-19)24-20-13-7-3-8-14-20/h4,9-10,15-16,19-20H,2-3,5-8,11-14H2,1H3,(H,23,24). The molecule has 1 aromatic carbocycles. The van der Waals surface area contributed by atoms with Crippen LogP contribution < -0.4 is 10.2 Å². The SMILES string of the molecule is CN(C#CC(=NC1CCCCC1)NC1CCCCC1)c1ccccc1. The molecule has 0 saturated heterocycles. The summed E-state index contributed by atoms with van der Waals surface area (Å²) in [7, 11) is 2.02. The van der Waals surface area contributed by atoms with E-state index in [4.69, 9.17) is 4.99 Å². The van der Waals surface area contributed by atoms with E-state index in [2.05, 4.69) is 29.4 Å². The van der Waals surface area contributed by atoms with Crippen LogP contribution in [0.25, 0.3) is 0 Å². The highest BCUT2D eigenvalue weighted by atomic mass is 15.1. The van der Waals surface area contributed by atoms with Crippen molar-refractivity contribution in [2.75, 3.05) is 11.9 Å². The average Bonchev–Trinajstić information content (AvgIpc) is 2.68. The molecule has 0 radical (unpaired) electrons. The molecule has 0 bridgehead atoms. The second-order valence-electron chi connectivity index (χ2n) is 7.38. The van der Waals surface area contributed by atoms with Crippen LogP contribution in [0.15, 0.2) is 35.3 Å². The Labute approximate surface area is 152 Å². The van der Waals surface area contributed by atoms with Crippen LogP contribution >= 0.6 is 0 Å². The normalized spacial score (nSPS) is 19.8. The lowest BCUT2D eigenvalue weighted by atomic mass is 9.95. The third-order valence-electron chi connectivity index (χ3n) is 5.32. The van der Waals surface area contributed by atoms with E-state index in [1.54, 1.807) is 0 Å². The molecule has 2 fully saturated rings. The van der Waals surface area contributed by atoms with Gasteiger partial charge in [0.15, 0.2) is 5.84 Å². The molecule has 2 aliphatic rings. The first-order chi connectivity index (χ1) is 12.3. The number of para-hydroxylation sites is 1. The summed E-state index contributed by atoms with van der Waals surface area (Å²) in [6.07, 6.45) is 12.9. The van der Waals surface area contributed by atoms with Crippen LogP contribution in [0.3, 0.4) is 0 Å². The Bertz CT molecular complexity index is 599. The van der Waals surface area contributed by atoms with E-state index >= 15 is 0 Å². The molecule has 0 amide bonds. The monoisotopic (exact) mass is 337 g/mol. The lowest BCUT2D eigenvalue weighted by Gasteiger charge is -2.24. The van der Waals surface area contributed by atoms with Gasteiger partial charge in [0.05, 0.1) is 6.04 Å². The molecule has 1 aromatic rings. The van der Waals surface area contributed by atoms with Crippen molar-refractivity contribution in [2.45, 2.75) is 76.3 Å². The van der Waals surface area contributed by atoms with E-state index in [-0.39, 0.29) is 0 Å². The predicted octanol–water partition coefficient (Wildman–Crippen LogP) is 4.74. The highest BCUT2D eigenvalue weighted by molar-refractivity contribution is 5.99. The van der Waals surface area contributed by atoms with Crippen LogP contribution in [0.1, 0.15) is 64.2 Å². The molecule has 25 heavy (non-hydrogen) atoms. The van der Waals surface area contributed by atoms with Crippen molar-refractivity contribution >= 4 is 11.5 Å². The highest BCUT2D eigenvalue weighted by Crippen LogP contribution is 2.21. The van der Waals surface area contributed by atoms with Gasteiger partial charge in [-0.3, -0.25) is 4.99 Å². The van der Waals surface area contributed by atoms with E-state index in [9.17, 15) is 0 Å². The summed E-state index contributed by atoms with van der Waals surface area (Å²) in [5, 5.41) is 3.66. The lowest BCUT2D eigenvalue weighted by Crippen LogP contribution is -2.36. The molecule has 134 valence electrons. The molecule has 0 heterocycles. The summed E-state index contributed by atoms with van der Waals surface area (Å²) in [5.41, 5.74) is 1.12. The van der Waals surface area contributed by atoms with Crippen molar-refractivity contribution in [3.8, 4) is 12.0 Å². The van der Waals surface area contributed by atoms with E-state index in [1.807, 2.05) is 30.1 Å². The molecule has 0 aromatic heterocycles. The van der Waals surface area contributed by atoms with Gasteiger partial charge in [0, 0.05) is 24.8 Å². The van der Waals surface area contributed by atoms with E-state index < -0.39 is 0 Å². The van der Waals surface area contributed by atoms with Gasteiger partial charge in [-0.2, -0.15) is 0 Å². The molecule has 0 aliphatic heterocycles. The fourth-order valence-corrected chi connectivity index (χ4v) is 3.79. The lowest BCUT2D eigenvalue weighted by molar-refractivity contribution is 0.409. The molecule has 3 rings (SSSR count). The molecule has 2 saturated carbocycles. The van der Waals surface area contributed by atoms with Crippen LogP contribution in [0.2, 0.25) is 0 Å². The molecule has 0 spiro atoms. The van der Waals surface area contributed by atoms with E-state index in [0.29, 0.717) is 12.1 Å². The minimum atomic E-state index is 0.455. The zero-order valence-electron chi connectivity index (χ0n) is 15.5. The molecular weight excluding hydrogens is 306 g/mol. The molecular formula is C22H31N3. The first-order valence-corrected chi connectivity index (χ1v) is 9.96. The summed E-state index contributed by atoms with van der Waals surface area (Å²) in [6.45, 7) is 0. The predicted molar refractivity (Wildman–Crippen MR) is 107 cm³/mol.